The van der Waals surface area contributed by atoms with Crippen molar-refractivity contribution in [1.82, 2.24) is 10.2 Å². The van der Waals surface area contributed by atoms with Crippen molar-refractivity contribution in [3.05, 3.63) is 112 Å². The monoisotopic (exact) mass is 515 g/mol. The molecule has 2 N–H and O–H groups in total. The Hall–Kier alpha value is -4.37. The van der Waals surface area contributed by atoms with Crippen LogP contribution in [0.5, 0.6) is 0 Å². The Bertz CT molecular complexity index is 1380. The molecule has 9 heteroatoms. The molecule has 8 nitrogen and oxygen atoms in total. The van der Waals surface area contributed by atoms with E-state index < -0.39 is 18.2 Å². The van der Waals surface area contributed by atoms with Gasteiger partial charge in [0, 0.05) is 5.69 Å². The fourth-order valence-electron chi connectivity index (χ4n) is 4.27. The Morgan fingerprint density at radius 1 is 1.03 bits per heavy atom. The number of nitrogens with one attached hydrogen (secondary N) is 2. The standard InChI is InChI=1S/C28H25N3O5S/c1-18-5-2-6-19(15-18)17-31-24(27(33)29-16-22-7-3-13-35-22)25(36-28(31)34)20-9-11-21(12-10-20)30-26(32)23-8-4-14-37-23/h2-15,24-25H,16-17H2,1H3,(H,29,33)(H,30,32)/t24-,25+/m1/s1. The van der Waals surface area contributed by atoms with Crippen molar-refractivity contribution in [2.75, 3.05) is 5.32 Å². The number of furan rings is 1. The number of aryl methyl sites for hydroxylation is 1. The molecule has 2 aromatic heterocycles. The quantitative estimate of drug-likeness (QED) is 0.333. The third-order valence-electron chi connectivity index (χ3n) is 6.05. The molecule has 2 aromatic carbocycles. The van der Waals surface area contributed by atoms with Gasteiger partial charge in [0.2, 0.25) is 5.91 Å². The first kappa shape index (κ1) is 24.3. The van der Waals surface area contributed by atoms with Crippen molar-refractivity contribution in [2.45, 2.75) is 32.2 Å². The number of amides is 3. The summed E-state index contributed by atoms with van der Waals surface area (Å²) in [6.07, 6.45) is 0.144. The second kappa shape index (κ2) is 10.7. The number of thiophene rings is 1. The Morgan fingerprint density at radius 3 is 2.57 bits per heavy atom. The first-order valence-corrected chi connectivity index (χ1v) is 12.6. The number of nitrogens with zero attached hydrogens (tertiary/aromatic N) is 1. The lowest BCUT2D eigenvalue weighted by Gasteiger charge is -2.24. The Balaban J connectivity index is 1.37. The van der Waals surface area contributed by atoms with Crippen molar-refractivity contribution in [3.63, 3.8) is 0 Å². The maximum atomic E-state index is 13.4. The van der Waals surface area contributed by atoms with Crippen LogP contribution in [0.4, 0.5) is 10.5 Å². The maximum absolute atomic E-state index is 13.4. The highest BCUT2D eigenvalue weighted by molar-refractivity contribution is 7.12. The zero-order chi connectivity index (χ0) is 25.8. The normalized spacial score (nSPS) is 16.9. The van der Waals surface area contributed by atoms with Gasteiger partial charge in [0.25, 0.3) is 5.91 Å². The van der Waals surface area contributed by atoms with E-state index >= 15 is 0 Å². The molecule has 2 atom stereocenters. The van der Waals surface area contributed by atoms with Crippen LogP contribution in [-0.4, -0.2) is 28.8 Å². The summed E-state index contributed by atoms with van der Waals surface area (Å²) >= 11 is 1.36. The number of carbonyl (C=O) groups excluding carboxylic acids is 3. The van der Waals surface area contributed by atoms with E-state index in [0.717, 1.165) is 11.1 Å². The van der Waals surface area contributed by atoms with Crippen LogP contribution in [-0.2, 0) is 22.6 Å². The minimum Gasteiger partial charge on any atom is -0.467 e. The molecule has 188 valence electrons. The number of cyclic esters (lactones) is 1. The minimum atomic E-state index is -0.894. The zero-order valence-corrected chi connectivity index (χ0v) is 20.9. The van der Waals surface area contributed by atoms with Gasteiger partial charge in [0.1, 0.15) is 5.76 Å². The molecular formula is C28H25N3O5S. The summed E-state index contributed by atoms with van der Waals surface area (Å²) in [4.78, 5) is 40.8. The summed E-state index contributed by atoms with van der Waals surface area (Å²) < 4.78 is 11.1. The topological polar surface area (TPSA) is 101 Å². The van der Waals surface area contributed by atoms with Crippen LogP contribution in [0.2, 0.25) is 0 Å². The molecule has 3 amide bonds. The van der Waals surface area contributed by atoms with E-state index in [-0.39, 0.29) is 24.9 Å². The molecule has 1 fully saturated rings. The number of hydrogen-bond donors (Lipinski definition) is 2. The molecule has 0 bridgehead atoms. The molecule has 0 unspecified atom stereocenters. The van der Waals surface area contributed by atoms with Gasteiger partial charge in [-0.25, -0.2) is 4.79 Å². The van der Waals surface area contributed by atoms with Crippen molar-refractivity contribution < 1.29 is 23.5 Å². The second-order valence-corrected chi connectivity index (χ2v) is 9.66. The summed E-state index contributed by atoms with van der Waals surface area (Å²) in [5, 5.41) is 7.56. The van der Waals surface area contributed by atoms with E-state index in [4.69, 9.17) is 9.15 Å². The van der Waals surface area contributed by atoms with Gasteiger partial charge in [-0.1, -0.05) is 48.0 Å². The highest BCUT2D eigenvalue weighted by Gasteiger charge is 2.47. The largest absolute Gasteiger partial charge is 0.467 e. The Kier molecular flexibility index (Phi) is 7.04. The van der Waals surface area contributed by atoms with E-state index in [0.29, 0.717) is 21.9 Å². The molecule has 0 radical (unpaired) electrons. The van der Waals surface area contributed by atoms with Crippen molar-refractivity contribution >= 4 is 34.9 Å². The molecule has 0 spiro atoms. The third-order valence-corrected chi connectivity index (χ3v) is 6.92. The smallest absolute Gasteiger partial charge is 0.411 e. The molecule has 1 saturated heterocycles. The van der Waals surface area contributed by atoms with E-state index in [9.17, 15) is 14.4 Å². The van der Waals surface area contributed by atoms with Crippen LogP contribution in [0.25, 0.3) is 0 Å². The van der Waals surface area contributed by atoms with E-state index in [2.05, 4.69) is 10.6 Å². The van der Waals surface area contributed by atoms with Crippen LogP contribution in [0.1, 0.15) is 38.2 Å². The lowest BCUT2D eigenvalue weighted by atomic mass is 10.00. The van der Waals surface area contributed by atoms with Crippen molar-refractivity contribution in [2.24, 2.45) is 0 Å². The molecule has 1 aliphatic heterocycles. The highest BCUT2D eigenvalue weighted by atomic mass is 32.1. The number of benzene rings is 2. The first-order valence-electron chi connectivity index (χ1n) is 11.8. The molecule has 37 heavy (non-hydrogen) atoms. The summed E-state index contributed by atoms with van der Waals surface area (Å²) in [6, 6.07) is 20.9. The van der Waals surface area contributed by atoms with E-state index in [1.54, 1.807) is 42.5 Å². The zero-order valence-electron chi connectivity index (χ0n) is 20.0. The van der Waals surface area contributed by atoms with Crippen LogP contribution in [0, 0.1) is 6.92 Å². The van der Waals surface area contributed by atoms with Crippen molar-refractivity contribution in [3.8, 4) is 0 Å². The first-order chi connectivity index (χ1) is 18.0. The number of hydrogen-bond acceptors (Lipinski definition) is 6. The molecule has 0 aliphatic carbocycles. The average molecular weight is 516 g/mol. The molecular weight excluding hydrogens is 490 g/mol. The van der Waals surface area contributed by atoms with Gasteiger partial charge in [-0.3, -0.25) is 14.5 Å². The molecule has 3 heterocycles. The fraction of sp³-hybridized carbons (Fsp3) is 0.179. The SMILES string of the molecule is Cc1cccc(CN2C(=O)O[C@@H](c3ccc(NC(=O)c4cccs4)cc3)[C@@H]2C(=O)NCc2ccco2)c1. The fourth-order valence-corrected chi connectivity index (χ4v) is 4.88. The summed E-state index contributed by atoms with van der Waals surface area (Å²) in [7, 11) is 0. The van der Waals surface area contributed by atoms with Crippen LogP contribution in [0.3, 0.4) is 0 Å². The molecule has 1 aliphatic rings. The van der Waals surface area contributed by atoms with Gasteiger partial charge in [-0.15, -0.1) is 11.3 Å². The van der Waals surface area contributed by atoms with Gasteiger partial charge >= 0.3 is 6.09 Å². The molecule has 4 aromatic rings. The number of anilines is 1. The molecule has 5 rings (SSSR count). The second-order valence-electron chi connectivity index (χ2n) is 8.72. The maximum Gasteiger partial charge on any atom is 0.411 e. The molecule has 0 saturated carbocycles. The average Bonchev–Trinajstić information content (AvgIpc) is 3.66. The van der Waals surface area contributed by atoms with Crippen LogP contribution in [0.15, 0.2) is 88.9 Å². The Labute approximate surface area is 217 Å². The number of rotatable bonds is 8. The lowest BCUT2D eigenvalue weighted by Crippen LogP contribution is -2.46. The van der Waals surface area contributed by atoms with E-state index in [1.807, 2.05) is 42.6 Å². The van der Waals surface area contributed by atoms with Gasteiger partial charge in [-0.05, 0) is 53.8 Å². The summed E-state index contributed by atoms with van der Waals surface area (Å²) in [6.45, 7) is 2.39. The van der Waals surface area contributed by atoms with Gasteiger partial charge < -0.3 is 19.8 Å². The summed E-state index contributed by atoms with van der Waals surface area (Å²) in [5.74, 6) is 0.0516. The predicted molar refractivity (Wildman–Crippen MR) is 139 cm³/mol. The van der Waals surface area contributed by atoms with Gasteiger partial charge in [0.15, 0.2) is 12.1 Å². The minimum absolute atomic E-state index is 0.190. The van der Waals surface area contributed by atoms with Crippen LogP contribution < -0.4 is 10.6 Å². The summed E-state index contributed by atoms with van der Waals surface area (Å²) in [5.41, 5.74) is 3.20. The Morgan fingerprint density at radius 2 is 1.86 bits per heavy atom. The lowest BCUT2D eigenvalue weighted by molar-refractivity contribution is -0.126. The van der Waals surface area contributed by atoms with Gasteiger partial charge in [-0.2, -0.15) is 0 Å². The number of carbonyl (C=O) groups is 3. The van der Waals surface area contributed by atoms with Crippen LogP contribution >= 0.6 is 11.3 Å². The van der Waals surface area contributed by atoms with Gasteiger partial charge in [0.05, 0.1) is 24.2 Å². The van der Waals surface area contributed by atoms with Crippen molar-refractivity contribution in [1.29, 1.82) is 0 Å². The predicted octanol–water partition coefficient (Wildman–Crippen LogP) is 5.28. The highest BCUT2D eigenvalue weighted by Crippen LogP contribution is 2.34. The van der Waals surface area contributed by atoms with E-state index in [1.165, 1.54) is 22.5 Å². The third kappa shape index (κ3) is 5.57. The number of ether oxygens (including phenoxy) is 1.